The van der Waals surface area contributed by atoms with E-state index in [1.165, 1.54) is 6.08 Å². The number of aliphatic hydroxyl groups excluding tert-OH is 1. The van der Waals surface area contributed by atoms with E-state index in [0.29, 0.717) is 0 Å². The smallest absolute Gasteiger partial charge is 0.383 e. The predicted molar refractivity (Wildman–Crippen MR) is 47.3 cm³/mol. The minimum Gasteiger partial charge on any atom is -0.383 e. The van der Waals surface area contributed by atoms with Crippen molar-refractivity contribution in [3.8, 4) is 0 Å². The Morgan fingerprint density at radius 3 is 2.12 bits per heavy atom. The zero-order valence-electron chi connectivity index (χ0n) is 8.59. The summed E-state index contributed by atoms with van der Waals surface area (Å²) in [6.45, 7) is 0. The van der Waals surface area contributed by atoms with Crippen LogP contribution < -0.4 is 0 Å². The van der Waals surface area contributed by atoms with Gasteiger partial charge in [0.05, 0.1) is 0 Å². The van der Waals surface area contributed by atoms with Gasteiger partial charge in [-0.25, -0.2) is 8.78 Å². The zero-order chi connectivity index (χ0) is 13.1. The second-order valence-electron chi connectivity index (χ2n) is 4.68. The molecule has 98 valence electrons. The highest BCUT2D eigenvalue weighted by Crippen LogP contribution is 2.55. The molecule has 0 aliphatic heterocycles. The molecule has 0 aromatic carbocycles. The van der Waals surface area contributed by atoms with E-state index >= 15 is 0 Å². The molecule has 7 heteroatoms. The summed E-state index contributed by atoms with van der Waals surface area (Å²) in [6, 6.07) is 0. The lowest BCUT2D eigenvalue weighted by molar-refractivity contribution is -0.317. The molecule has 0 aromatic rings. The van der Waals surface area contributed by atoms with Crippen molar-refractivity contribution in [1.29, 1.82) is 0 Å². The fourth-order valence-electron chi connectivity index (χ4n) is 2.66. The van der Waals surface area contributed by atoms with Crippen LogP contribution in [0.5, 0.6) is 0 Å². The van der Waals surface area contributed by atoms with Gasteiger partial charge in [-0.05, 0) is 18.8 Å². The van der Waals surface area contributed by atoms with Crippen LogP contribution in [0.15, 0.2) is 12.2 Å². The van der Waals surface area contributed by atoms with Crippen LogP contribution in [0.25, 0.3) is 0 Å². The minimum atomic E-state index is -5.45. The van der Waals surface area contributed by atoms with Gasteiger partial charge in [0.25, 0.3) is 0 Å². The second-order valence-corrected chi connectivity index (χ2v) is 4.68. The van der Waals surface area contributed by atoms with E-state index in [2.05, 4.69) is 0 Å². The van der Waals surface area contributed by atoms with Crippen molar-refractivity contribution in [3.05, 3.63) is 12.2 Å². The molecule has 4 unspecified atom stereocenters. The van der Waals surface area contributed by atoms with Gasteiger partial charge in [0.1, 0.15) is 5.60 Å². The lowest BCUT2D eigenvalue weighted by Gasteiger charge is -2.40. The monoisotopic (exact) mass is 258 g/mol. The van der Waals surface area contributed by atoms with E-state index in [-0.39, 0.29) is 12.3 Å². The minimum absolute atomic E-state index is 0.205. The molecule has 0 heterocycles. The van der Waals surface area contributed by atoms with Gasteiger partial charge in [-0.2, -0.15) is 13.2 Å². The average Bonchev–Trinajstić information content (AvgIpc) is 2.74. The van der Waals surface area contributed by atoms with Gasteiger partial charge in [0, 0.05) is 5.92 Å². The fraction of sp³-hybridized carbons (Fsp3) is 0.800. The van der Waals surface area contributed by atoms with Gasteiger partial charge in [-0.3, -0.25) is 0 Å². The van der Waals surface area contributed by atoms with Crippen molar-refractivity contribution >= 4 is 0 Å². The Morgan fingerprint density at radius 2 is 1.76 bits per heavy atom. The van der Waals surface area contributed by atoms with E-state index in [0.717, 1.165) is 0 Å². The third-order valence-electron chi connectivity index (χ3n) is 3.59. The number of hydrogen-bond donors (Lipinski definition) is 2. The van der Waals surface area contributed by atoms with Gasteiger partial charge in [0.15, 0.2) is 0 Å². The van der Waals surface area contributed by atoms with Crippen molar-refractivity contribution < 1.29 is 32.2 Å². The summed E-state index contributed by atoms with van der Waals surface area (Å²) in [7, 11) is 0. The summed E-state index contributed by atoms with van der Waals surface area (Å²) < 4.78 is 63.7. The van der Waals surface area contributed by atoms with Gasteiger partial charge < -0.3 is 10.2 Å². The molecular weight excluding hydrogens is 247 g/mol. The van der Waals surface area contributed by atoms with E-state index < -0.39 is 36.1 Å². The molecule has 2 aliphatic carbocycles. The number of fused-ring (bicyclic) bond motifs is 2. The number of alkyl halides is 5. The van der Waals surface area contributed by atoms with Gasteiger partial charge >= 0.3 is 12.1 Å². The lowest BCUT2D eigenvalue weighted by atomic mass is 9.80. The highest BCUT2D eigenvalue weighted by molar-refractivity contribution is 5.21. The van der Waals surface area contributed by atoms with Crippen LogP contribution in [0.2, 0.25) is 0 Å². The molecule has 1 saturated carbocycles. The molecule has 17 heavy (non-hydrogen) atoms. The first-order chi connectivity index (χ1) is 7.59. The van der Waals surface area contributed by atoms with E-state index in [1.807, 2.05) is 0 Å². The molecule has 2 aliphatic rings. The van der Waals surface area contributed by atoms with E-state index in [9.17, 15) is 27.1 Å². The molecule has 2 nitrogen and oxygen atoms in total. The first-order valence-electron chi connectivity index (χ1n) is 5.12. The fourth-order valence-corrected chi connectivity index (χ4v) is 2.66. The molecule has 1 fully saturated rings. The predicted octanol–water partition coefficient (Wildman–Crippen LogP) is 1.87. The highest BCUT2D eigenvalue weighted by Gasteiger charge is 2.70. The molecule has 0 spiro atoms. The molecule has 2 N–H and O–H groups in total. The summed E-state index contributed by atoms with van der Waals surface area (Å²) in [4.78, 5) is 0. The lowest BCUT2D eigenvalue weighted by Crippen LogP contribution is -2.61. The summed E-state index contributed by atoms with van der Waals surface area (Å²) in [5.41, 5.74) is -2.80. The Balaban J connectivity index is 2.30. The van der Waals surface area contributed by atoms with Crippen molar-refractivity contribution in [2.24, 2.45) is 11.8 Å². The van der Waals surface area contributed by atoms with Crippen molar-refractivity contribution in [1.82, 2.24) is 0 Å². The second kappa shape index (κ2) is 3.41. The number of aliphatic hydroxyl groups is 2. The van der Waals surface area contributed by atoms with E-state index in [1.54, 1.807) is 6.08 Å². The van der Waals surface area contributed by atoms with Crippen LogP contribution in [0.1, 0.15) is 12.8 Å². The Bertz CT molecular complexity index is 351. The van der Waals surface area contributed by atoms with Crippen LogP contribution in [0, 0.1) is 11.8 Å². The Morgan fingerprint density at radius 1 is 1.18 bits per heavy atom. The number of hydrogen-bond acceptors (Lipinski definition) is 2. The van der Waals surface area contributed by atoms with Crippen LogP contribution in [-0.2, 0) is 0 Å². The Hall–Kier alpha value is -0.690. The summed E-state index contributed by atoms with van der Waals surface area (Å²) >= 11 is 0. The molecular formula is C10H11F5O2. The average molecular weight is 258 g/mol. The van der Waals surface area contributed by atoms with E-state index in [4.69, 9.17) is 5.11 Å². The molecule has 2 bridgehead atoms. The Kier molecular flexibility index (Phi) is 2.56. The largest absolute Gasteiger partial charge is 0.420 e. The maximum Gasteiger partial charge on any atom is 0.420 e. The maximum atomic E-state index is 13.6. The van der Waals surface area contributed by atoms with Gasteiger partial charge in [-0.15, -0.1) is 0 Å². The molecule has 0 radical (unpaired) electrons. The van der Waals surface area contributed by atoms with Gasteiger partial charge in [0.2, 0.25) is 6.10 Å². The van der Waals surface area contributed by atoms with Crippen molar-refractivity contribution in [2.75, 3.05) is 0 Å². The standard InChI is InChI=1S/C10H11F5O2/c11-9(12,7(16)10(13,14)15)8(17)4-5-1-2-6(8)3-5/h1-2,5-7,16-17H,3-4H2. The number of rotatable bonds is 2. The number of halogens is 5. The first kappa shape index (κ1) is 12.8. The van der Waals surface area contributed by atoms with Crippen molar-refractivity contribution in [3.63, 3.8) is 0 Å². The van der Waals surface area contributed by atoms with Crippen LogP contribution in [0.3, 0.4) is 0 Å². The molecule has 0 amide bonds. The Labute approximate surface area is 93.7 Å². The maximum absolute atomic E-state index is 13.6. The third-order valence-corrected chi connectivity index (χ3v) is 3.59. The van der Waals surface area contributed by atoms with Gasteiger partial charge in [-0.1, -0.05) is 12.2 Å². The number of allylic oxidation sites excluding steroid dienone is 1. The normalized spacial score (nSPS) is 38.8. The summed E-state index contributed by atoms with van der Waals surface area (Å²) in [5.74, 6) is -5.97. The first-order valence-corrected chi connectivity index (χ1v) is 5.12. The molecule has 0 saturated heterocycles. The molecule has 2 rings (SSSR count). The van der Waals surface area contributed by atoms with Crippen LogP contribution >= 0.6 is 0 Å². The summed E-state index contributed by atoms with van der Waals surface area (Å²) in [5, 5.41) is 18.5. The SMILES string of the molecule is OC(C(F)(F)F)C(F)(F)C1(O)CC2C=CC1C2. The molecule has 0 aromatic heterocycles. The quantitative estimate of drug-likeness (QED) is 0.586. The van der Waals surface area contributed by atoms with Crippen molar-refractivity contribution in [2.45, 2.75) is 36.6 Å². The molecule has 4 atom stereocenters. The zero-order valence-corrected chi connectivity index (χ0v) is 8.59. The summed E-state index contributed by atoms with van der Waals surface area (Å²) in [6.07, 6.45) is -6.64. The topological polar surface area (TPSA) is 40.5 Å². The third kappa shape index (κ3) is 1.67. The highest BCUT2D eigenvalue weighted by atomic mass is 19.4. The van der Waals surface area contributed by atoms with Crippen LogP contribution in [0.4, 0.5) is 22.0 Å². The van der Waals surface area contributed by atoms with Crippen LogP contribution in [-0.4, -0.2) is 34.0 Å².